The van der Waals surface area contributed by atoms with Gasteiger partial charge in [0.15, 0.2) is 4.80 Å². The fourth-order valence-electron chi connectivity index (χ4n) is 2.80. The summed E-state index contributed by atoms with van der Waals surface area (Å²) in [6, 6.07) is 17.7. The maximum absolute atomic E-state index is 12.8. The Labute approximate surface area is 148 Å². The number of anilines is 1. The summed E-state index contributed by atoms with van der Waals surface area (Å²) in [5, 5.41) is 0. The first-order valence-electron chi connectivity index (χ1n) is 7.94. The molecule has 1 aromatic heterocycles. The van der Waals surface area contributed by atoms with E-state index in [2.05, 4.69) is 9.89 Å². The van der Waals surface area contributed by atoms with Crippen molar-refractivity contribution in [3.05, 3.63) is 79.8 Å². The van der Waals surface area contributed by atoms with Gasteiger partial charge in [-0.15, -0.1) is 0 Å². The zero-order valence-corrected chi connectivity index (χ0v) is 14.6. The number of thiazole rings is 1. The van der Waals surface area contributed by atoms with Crippen molar-refractivity contribution in [2.45, 2.75) is 6.67 Å². The summed E-state index contributed by atoms with van der Waals surface area (Å²) in [7, 11) is 1.63. The summed E-state index contributed by atoms with van der Waals surface area (Å²) in [6.45, 7) is 1.08. The van der Waals surface area contributed by atoms with Gasteiger partial charge >= 0.3 is 0 Å². The van der Waals surface area contributed by atoms with Crippen molar-refractivity contribution in [2.24, 2.45) is 4.99 Å². The lowest BCUT2D eigenvalue weighted by molar-refractivity contribution is 0.414. The van der Waals surface area contributed by atoms with E-state index in [0.29, 0.717) is 17.9 Å². The molecule has 0 unspecified atom stereocenters. The third-order valence-electron chi connectivity index (χ3n) is 4.09. The maximum atomic E-state index is 12.8. The molecule has 3 aromatic rings. The molecule has 126 valence electrons. The van der Waals surface area contributed by atoms with E-state index in [-0.39, 0.29) is 5.56 Å². The molecule has 0 saturated heterocycles. The highest BCUT2D eigenvalue weighted by atomic mass is 32.1. The Balaban J connectivity index is 1.72. The number of methoxy groups -OCH3 is 1. The molecule has 0 saturated carbocycles. The number of hydrogen-bond donors (Lipinski definition) is 0. The fourth-order valence-corrected chi connectivity index (χ4v) is 3.76. The molecule has 1 aliphatic heterocycles. The number of benzene rings is 2. The van der Waals surface area contributed by atoms with E-state index >= 15 is 0 Å². The Morgan fingerprint density at radius 2 is 2.00 bits per heavy atom. The van der Waals surface area contributed by atoms with E-state index < -0.39 is 0 Å². The van der Waals surface area contributed by atoms with Gasteiger partial charge in [-0.3, -0.25) is 9.36 Å². The van der Waals surface area contributed by atoms with Gasteiger partial charge in [0.05, 0.1) is 11.6 Å². The number of aromatic nitrogens is 1. The summed E-state index contributed by atoms with van der Waals surface area (Å²) in [5.41, 5.74) is 2.00. The number of nitrogens with zero attached hydrogens (tertiary/aromatic N) is 3. The van der Waals surface area contributed by atoms with Crippen molar-refractivity contribution in [1.29, 1.82) is 0 Å². The molecule has 25 heavy (non-hydrogen) atoms. The molecule has 2 heterocycles. The summed E-state index contributed by atoms with van der Waals surface area (Å²) in [6.07, 6.45) is 1.89. The number of ether oxygens (including phenoxy) is 1. The van der Waals surface area contributed by atoms with Crippen molar-refractivity contribution in [3.63, 3.8) is 0 Å². The van der Waals surface area contributed by atoms with Crippen molar-refractivity contribution >= 4 is 23.1 Å². The number of hydrogen-bond acceptors (Lipinski definition) is 5. The van der Waals surface area contributed by atoms with Crippen LogP contribution >= 0.6 is 11.3 Å². The Hall–Kier alpha value is -2.86. The average molecular weight is 351 g/mol. The van der Waals surface area contributed by atoms with Crippen LogP contribution < -0.4 is 24.5 Å². The van der Waals surface area contributed by atoms with Gasteiger partial charge < -0.3 is 9.64 Å². The minimum Gasteiger partial charge on any atom is -0.497 e. The first-order valence-corrected chi connectivity index (χ1v) is 8.76. The van der Waals surface area contributed by atoms with Crippen LogP contribution in [-0.2, 0) is 6.67 Å². The zero-order valence-electron chi connectivity index (χ0n) is 13.8. The van der Waals surface area contributed by atoms with Crippen LogP contribution in [0, 0.1) is 0 Å². The Morgan fingerprint density at radius 1 is 1.16 bits per heavy atom. The normalized spacial score (nSPS) is 14.1. The van der Waals surface area contributed by atoms with E-state index in [0.717, 1.165) is 21.8 Å². The molecule has 2 aromatic carbocycles. The standard InChI is InChI=1S/C19H17N3O2S/c1-24-16-9-5-6-14(10-16)11-17-18(23)22-13-21(12-20-19(22)25-17)15-7-3-2-4-8-15/h2-11H,12-13H2,1H3/b17-11+. The predicted molar refractivity (Wildman–Crippen MR) is 99.7 cm³/mol. The molecule has 4 rings (SSSR count). The molecule has 0 fully saturated rings. The van der Waals surface area contributed by atoms with Crippen molar-refractivity contribution in [2.75, 3.05) is 18.7 Å². The Kier molecular flexibility index (Phi) is 4.11. The van der Waals surface area contributed by atoms with Crippen molar-refractivity contribution in [1.82, 2.24) is 4.57 Å². The monoisotopic (exact) mass is 351 g/mol. The topological polar surface area (TPSA) is 46.8 Å². The molecule has 0 spiro atoms. The minimum absolute atomic E-state index is 0.00722. The first-order chi connectivity index (χ1) is 12.2. The third-order valence-corrected chi connectivity index (χ3v) is 5.13. The summed E-state index contributed by atoms with van der Waals surface area (Å²) >= 11 is 1.43. The predicted octanol–water partition coefficient (Wildman–Crippen LogP) is 1.80. The van der Waals surface area contributed by atoms with Crippen LogP contribution in [0.4, 0.5) is 5.69 Å². The number of para-hydroxylation sites is 1. The molecule has 0 N–H and O–H groups in total. The molecule has 0 amide bonds. The highest BCUT2D eigenvalue weighted by Gasteiger charge is 2.15. The largest absolute Gasteiger partial charge is 0.497 e. The van der Waals surface area contributed by atoms with Gasteiger partial charge in [0, 0.05) is 5.69 Å². The van der Waals surface area contributed by atoms with E-state index in [9.17, 15) is 4.79 Å². The van der Waals surface area contributed by atoms with Gasteiger partial charge in [0.25, 0.3) is 5.56 Å². The lowest BCUT2D eigenvalue weighted by Crippen LogP contribution is -2.42. The molecule has 1 aliphatic rings. The van der Waals surface area contributed by atoms with E-state index in [1.54, 1.807) is 11.7 Å². The van der Waals surface area contributed by atoms with Gasteiger partial charge in [-0.1, -0.05) is 41.7 Å². The third kappa shape index (κ3) is 3.08. The van der Waals surface area contributed by atoms with Crippen LogP contribution in [0.15, 0.2) is 64.4 Å². The average Bonchev–Trinajstić information content (AvgIpc) is 2.98. The second-order valence-corrected chi connectivity index (χ2v) is 6.73. The van der Waals surface area contributed by atoms with Crippen LogP contribution in [0.2, 0.25) is 0 Å². The minimum atomic E-state index is -0.00722. The van der Waals surface area contributed by atoms with E-state index in [1.165, 1.54) is 11.3 Å². The van der Waals surface area contributed by atoms with E-state index in [1.807, 2.05) is 60.7 Å². The smallest absolute Gasteiger partial charge is 0.271 e. The van der Waals surface area contributed by atoms with Gasteiger partial charge in [-0.25, -0.2) is 4.99 Å². The molecule has 6 heteroatoms. The van der Waals surface area contributed by atoms with Crippen LogP contribution in [-0.4, -0.2) is 18.3 Å². The lowest BCUT2D eigenvalue weighted by atomic mass is 10.2. The van der Waals surface area contributed by atoms with Crippen LogP contribution in [0.25, 0.3) is 6.08 Å². The van der Waals surface area contributed by atoms with Crippen molar-refractivity contribution in [3.8, 4) is 5.75 Å². The molecular weight excluding hydrogens is 334 g/mol. The highest BCUT2D eigenvalue weighted by molar-refractivity contribution is 7.07. The number of rotatable bonds is 3. The van der Waals surface area contributed by atoms with E-state index in [4.69, 9.17) is 4.74 Å². The second kappa shape index (κ2) is 6.57. The van der Waals surface area contributed by atoms with Gasteiger partial charge in [-0.05, 0) is 35.9 Å². The SMILES string of the molecule is COc1cccc(/C=c2/sc3n(c2=O)CN(c2ccccc2)CN=3)c1. The Morgan fingerprint density at radius 3 is 2.80 bits per heavy atom. The summed E-state index contributed by atoms with van der Waals surface area (Å²) in [4.78, 5) is 20.2. The van der Waals surface area contributed by atoms with Gasteiger partial charge in [0.2, 0.25) is 0 Å². The fraction of sp³-hybridized carbons (Fsp3) is 0.158. The summed E-state index contributed by atoms with van der Waals surface area (Å²) in [5.74, 6) is 0.773. The maximum Gasteiger partial charge on any atom is 0.271 e. The molecule has 0 aliphatic carbocycles. The van der Waals surface area contributed by atoms with Gasteiger partial charge in [0.1, 0.15) is 19.1 Å². The molecule has 0 bridgehead atoms. The summed E-state index contributed by atoms with van der Waals surface area (Å²) < 4.78 is 7.65. The van der Waals surface area contributed by atoms with Crippen LogP contribution in [0.1, 0.15) is 5.56 Å². The molecular formula is C19H17N3O2S. The second-order valence-electron chi connectivity index (χ2n) is 5.72. The van der Waals surface area contributed by atoms with Crippen molar-refractivity contribution < 1.29 is 4.74 Å². The van der Waals surface area contributed by atoms with Crippen LogP contribution in [0.5, 0.6) is 5.75 Å². The highest BCUT2D eigenvalue weighted by Crippen LogP contribution is 2.15. The molecule has 5 nitrogen and oxygen atoms in total. The van der Waals surface area contributed by atoms with Gasteiger partial charge in [-0.2, -0.15) is 0 Å². The number of fused-ring (bicyclic) bond motifs is 1. The van der Waals surface area contributed by atoms with Crippen LogP contribution in [0.3, 0.4) is 0 Å². The molecule has 0 atom stereocenters. The lowest BCUT2D eigenvalue weighted by Gasteiger charge is -2.25. The molecule has 0 radical (unpaired) electrons. The zero-order chi connectivity index (χ0) is 17.2. The quantitative estimate of drug-likeness (QED) is 0.723. The first kappa shape index (κ1) is 15.7. The Bertz CT molecular complexity index is 1070.